The van der Waals surface area contributed by atoms with Crippen LogP contribution >= 0.6 is 15.9 Å². The van der Waals surface area contributed by atoms with Gasteiger partial charge in [-0.3, -0.25) is 0 Å². The van der Waals surface area contributed by atoms with Crippen LogP contribution in [0.5, 0.6) is 0 Å². The van der Waals surface area contributed by atoms with Gasteiger partial charge in [-0.2, -0.15) is 0 Å². The van der Waals surface area contributed by atoms with E-state index < -0.39 is 0 Å². The Kier molecular flexibility index (Phi) is 5.75. The highest BCUT2D eigenvalue weighted by atomic mass is 79.9. The summed E-state index contributed by atoms with van der Waals surface area (Å²) < 4.78 is 0. The smallest absolute Gasteiger partial charge is 0.0395 e. The Morgan fingerprint density at radius 2 is 1.78 bits per heavy atom. The molecule has 0 aromatic heterocycles. The second-order valence-corrected chi connectivity index (χ2v) is 6.77. The Hall–Kier alpha value is -0.300. The molecule has 1 aromatic rings. The second-order valence-electron chi connectivity index (χ2n) is 5.67. The van der Waals surface area contributed by atoms with Crippen molar-refractivity contribution in [1.82, 2.24) is 0 Å². The molecule has 0 amide bonds. The predicted molar refractivity (Wildman–Crippen MR) is 83.1 cm³/mol. The molecule has 100 valence electrons. The van der Waals surface area contributed by atoms with Crippen LogP contribution in [0, 0.1) is 11.8 Å². The lowest BCUT2D eigenvalue weighted by Gasteiger charge is -2.31. The van der Waals surface area contributed by atoms with Crippen LogP contribution in [0.1, 0.15) is 62.3 Å². The van der Waals surface area contributed by atoms with Crippen molar-refractivity contribution in [3.63, 3.8) is 0 Å². The van der Waals surface area contributed by atoms with Crippen LogP contribution in [-0.4, -0.2) is 0 Å². The zero-order valence-corrected chi connectivity index (χ0v) is 13.0. The van der Waals surface area contributed by atoms with Crippen molar-refractivity contribution in [3.05, 3.63) is 35.9 Å². The molecule has 0 heterocycles. The van der Waals surface area contributed by atoms with Crippen LogP contribution in [0.2, 0.25) is 0 Å². The fourth-order valence-corrected chi connectivity index (χ4v) is 3.96. The molecule has 18 heavy (non-hydrogen) atoms. The Balaban J connectivity index is 1.83. The summed E-state index contributed by atoms with van der Waals surface area (Å²) in [5, 5.41) is 0. The van der Waals surface area contributed by atoms with Gasteiger partial charge in [-0.05, 0) is 30.2 Å². The van der Waals surface area contributed by atoms with Crippen molar-refractivity contribution < 1.29 is 0 Å². The largest absolute Gasteiger partial charge is 0.0839 e. The van der Waals surface area contributed by atoms with E-state index in [-0.39, 0.29) is 0 Å². The molecule has 0 aliphatic heterocycles. The van der Waals surface area contributed by atoms with Crippen molar-refractivity contribution >= 4 is 15.9 Å². The van der Waals surface area contributed by atoms with Crippen molar-refractivity contribution in [2.24, 2.45) is 11.8 Å². The van der Waals surface area contributed by atoms with Gasteiger partial charge < -0.3 is 0 Å². The Morgan fingerprint density at radius 3 is 2.44 bits per heavy atom. The van der Waals surface area contributed by atoms with E-state index in [2.05, 4.69) is 53.2 Å². The van der Waals surface area contributed by atoms with Crippen LogP contribution in [0.4, 0.5) is 0 Å². The van der Waals surface area contributed by atoms with E-state index in [4.69, 9.17) is 0 Å². The summed E-state index contributed by atoms with van der Waals surface area (Å²) in [5.74, 6) is 1.97. The highest BCUT2D eigenvalue weighted by molar-refractivity contribution is 9.09. The summed E-state index contributed by atoms with van der Waals surface area (Å²) >= 11 is 3.85. The first-order chi connectivity index (χ1) is 8.81. The van der Waals surface area contributed by atoms with E-state index in [0.717, 1.165) is 11.8 Å². The van der Waals surface area contributed by atoms with E-state index >= 15 is 0 Å². The topological polar surface area (TPSA) is 0 Å². The molecule has 1 heteroatoms. The van der Waals surface area contributed by atoms with E-state index in [9.17, 15) is 0 Å². The first kappa shape index (κ1) is 14.1. The fraction of sp³-hybridized carbons (Fsp3) is 0.647. The minimum atomic E-state index is 0.540. The maximum absolute atomic E-state index is 3.85. The summed E-state index contributed by atoms with van der Waals surface area (Å²) in [6, 6.07) is 10.8. The van der Waals surface area contributed by atoms with Gasteiger partial charge in [0.15, 0.2) is 0 Å². The molecule has 0 nitrogen and oxygen atoms in total. The van der Waals surface area contributed by atoms with Crippen LogP contribution in [0.15, 0.2) is 30.3 Å². The molecule has 2 rings (SSSR count). The van der Waals surface area contributed by atoms with Crippen molar-refractivity contribution in [2.75, 3.05) is 0 Å². The van der Waals surface area contributed by atoms with Gasteiger partial charge in [-0.25, -0.2) is 0 Å². The van der Waals surface area contributed by atoms with E-state index in [1.54, 1.807) is 0 Å². The number of hydrogen-bond donors (Lipinski definition) is 0. The summed E-state index contributed by atoms with van der Waals surface area (Å²) in [4.78, 5) is 0.540. The highest BCUT2D eigenvalue weighted by Gasteiger charge is 2.24. The Morgan fingerprint density at radius 1 is 1.11 bits per heavy atom. The van der Waals surface area contributed by atoms with E-state index in [1.165, 1.54) is 50.5 Å². The molecular weight excluding hydrogens is 284 g/mol. The minimum Gasteiger partial charge on any atom is -0.0839 e. The second kappa shape index (κ2) is 7.33. The van der Waals surface area contributed by atoms with Gasteiger partial charge in [0.05, 0.1) is 0 Å². The first-order valence-electron chi connectivity index (χ1n) is 7.50. The molecule has 0 N–H and O–H groups in total. The molecule has 0 radical (unpaired) electrons. The zero-order chi connectivity index (χ0) is 12.8. The Labute approximate surface area is 120 Å². The SMILES string of the molecule is CCC1CCCCC1CCC(Br)c1ccccc1. The van der Waals surface area contributed by atoms with Gasteiger partial charge in [0, 0.05) is 4.83 Å². The van der Waals surface area contributed by atoms with Crippen molar-refractivity contribution in [2.45, 2.75) is 56.7 Å². The number of alkyl halides is 1. The lowest BCUT2D eigenvalue weighted by molar-refractivity contribution is 0.214. The average Bonchev–Trinajstić information content (AvgIpc) is 2.46. The molecule has 1 fully saturated rings. The third-order valence-corrected chi connectivity index (χ3v) is 5.53. The molecule has 1 aliphatic rings. The van der Waals surface area contributed by atoms with Crippen LogP contribution in [0.3, 0.4) is 0 Å². The van der Waals surface area contributed by atoms with E-state index in [0.29, 0.717) is 4.83 Å². The summed E-state index contributed by atoms with van der Waals surface area (Å²) in [6.45, 7) is 2.37. The summed E-state index contributed by atoms with van der Waals surface area (Å²) in [6.07, 6.45) is 9.91. The first-order valence-corrected chi connectivity index (χ1v) is 8.41. The summed E-state index contributed by atoms with van der Waals surface area (Å²) in [7, 11) is 0. The minimum absolute atomic E-state index is 0.540. The quantitative estimate of drug-likeness (QED) is 0.575. The molecular formula is C17H25Br. The molecule has 3 unspecified atom stereocenters. The number of benzene rings is 1. The fourth-order valence-electron chi connectivity index (χ4n) is 3.39. The van der Waals surface area contributed by atoms with Gasteiger partial charge in [0.2, 0.25) is 0 Å². The molecule has 0 bridgehead atoms. The van der Waals surface area contributed by atoms with Gasteiger partial charge in [0.1, 0.15) is 0 Å². The molecule has 3 atom stereocenters. The lowest BCUT2D eigenvalue weighted by Crippen LogP contribution is -2.19. The van der Waals surface area contributed by atoms with Gasteiger partial charge >= 0.3 is 0 Å². The Bertz CT molecular complexity index is 333. The monoisotopic (exact) mass is 308 g/mol. The number of hydrogen-bond acceptors (Lipinski definition) is 0. The van der Waals surface area contributed by atoms with Gasteiger partial charge in [-0.15, -0.1) is 0 Å². The van der Waals surface area contributed by atoms with Crippen LogP contribution in [0.25, 0.3) is 0 Å². The summed E-state index contributed by atoms with van der Waals surface area (Å²) in [5.41, 5.74) is 1.43. The van der Waals surface area contributed by atoms with Crippen LogP contribution in [-0.2, 0) is 0 Å². The maximum Gasteiger partial charge on any atom is 0.0395 e. The molecule has 1 aromatic carbocycles. The van der Waals surface area contributed by atoms with Crippen LogP contribution < -0.4 is 0 Å². The van der Waals surface area contributed by atoms with Crippen molar-refractivity contribution in [1.29, 1.82) is 0 Å². The molecule has 1 saturated carbocycles. The normalized spacial score (nSPS) is 25.9. The molecule has 1 aliphatic carbocycles. The average molecular weight is 309 g/mol. The van der Waals surface area contributed by atoms with Gasteiger partial charge in [-0.1, -0.05) is 85.3 Å². The molecule has 0 spiro atoms. The van der Waals surface area contributed by atoms with Crippen molar-refractivity contribution in [3.8, 4) is 0 Å². The highest BCUT2D eigenvalue weighted by Crippen LogP contribution is 2.38. The zero-order valence-electron chi connectivity index (χ0n) is 11.4. The predicted octanol–water partition coefficient (Wildman–Crippen LogP) is 6.12. The maximum atomic E-state index is 3.85. The van der Waals surface area contributed by atoms with Gasteiger partial charge in [0.25, 0.3) is 0 Å². The third kappa shape index (κ3) is 3.85. The molecule has 0 saturated heterocycles. The van der Waals surface area contributed by atoms with E-state index in [1.807, 2.05) is 0 Å². The number of halogens is 1. The standard InChI is InChI=1S/C17H25Br/c1-2-14-8-6-7-9-15(14)12-13-17(18)16-10-4-3-5-11-16/h3-5,10-11,14-15,17H,2,6-9,12-13H2,1H3. The number of rotatable bonds is 5. The lowest BCUT2D eigenvalue weighted by atomic mass is 9.75. The third-order valence-electron chi connectivity index (χ3n) is 4.54.